The lowest BCUT2D eigenvalue weighted by Crippen LogP contribution is -2.27. The molecular weight excluding hydrogens is 252 g/mol. The molecule has 2 N–H and O–H groups in total. The monoisotopic (exact) mass is 270 g/mol. The van der Waals surface area contributed by atoms with Gasteiger partial charge < -0.3 is 10.1 Å². The molecule has 2 rings (SSSR count). The highest BCUT2D eigenvalue weighted by Gasteiger charge is 2.17. The van der Waals surface area contributed by atoms with E-state index in [1.54, 1.807) is 12.1 Å². The van der Waals surface area contributed by atoms with Crippen LogP contribution < -0.4 is 10.0 Å². The first-order valence-corrected chi connectivity index (χ1v) is 7.52. The van der Waals surface area contributed by atoms with Gasteiger partial charge in [0, 0.05) is 26.2 Å². The SMILES string of the molecule is CCOCCNS(=O)(=O)c1ccc2c(c1)CNC2. The lowest BCUT2D eigenvalue weighted by atomic mass is 10.1. The predicted octanol–water partition coefficient (Wildman–Crippen LogP) is 0.605. The summed E-state index contributed by atoms with van der Waals surface area (Å²) >= 11 is 0. The first-order chi connectivity index (χ1) is 8.63. The molecule has 1 aromatic rings. The molecule has 0 unspecified atom stereocenters. The molecule has 0 saturated heterocycles. The zero-order valence-corrected chi connectivity index (χ0v) is 11.2. The van der Waals surface area contributed by atoms with Crippen LogP contribution in [0.5, 0.6) is 0 Å². The fourth-order valence-electron chi connectivity index (χ4n) is 1.91. The van der Waals surface area contributed by atoms with Crippen LogP contribution in [-0.4, -0.2) is 28.2 Å². The van der Waals surface area contributed by atoms with Crippen LogP contribution in [0.2, 0.25) is 0 Å². The Kier molecular flexibility index (Phi) is 4.34. The average molecular weight is 270 g/mol. The van der Waals surface area contributed by atoms with Gasteiger partial charge in [0.25, 0.3) is 0 Å². The van der Waals surface area contributed by atoms with Gasteiger partial charge in [0.1, 0.15) is 0 Å². The van der Waals surface area contributed by atoms with Crippen molar-refractivity contribution >= 4 is 10.0 Å². The van der Waals surface area contributed by atoms with E-state index in [1.807, 2.05) is 13.0 Å². The lowest BCUT2D eigenvalue weighted by Gasteiger charge is -2.08. The highest BCUT2D eigenvalue weighted by atomic mass is 32.2. The highest BCUT2D eigenvalue weighted by molar-refractivity contribution is 7.89. The third-order valence-corrected chi connectivity index (χ3v) is 4.32. The molecule has 0 atom stereocenters. The molecule has 1 aliphatic rings. The number of ether oxygens (including phenoxy) is 1. The molecule has 1 heterocycles. The Morgan fingerprint density at radius 2 is 2.11 bits per heavy atom. The summed E-state index contributed by atoms with van der Waals surface area (Å²) in [5.41, 5.74) is 2.23. The minimum atomic E-state index is -3.42. The summed E-state index contributed by atoms with van der Waals surface area (Å²) in [7, 11) is -3.42. The molecule has 0 aliphatic carbocycles. The fraction of sp³-hybridized carbons (Fsp3) is 0.500. The van der Waals surface area contributed by atoms with E-state index in [2.05, 4.69) is 10.0 Å². The Labute approximate surface area is 108 Å². The zero-order chi connectivity index (χ0) is 13.0. The molecule has 5 nitrogen and oxygen atoms in total. The summed E-state index contributed by atoms with van der Waals surface area (Å²) in [6, 6.07) is 5.25. The van der Waals surface area contributed by atoms with Gasteiger partial charge in [-0.15, -0.1) is 0 Å². The van der Waals surface area contributed by atoms with Gasteiger partial charge in [-0.25, -0.2) is 13.1 Å². The molecule has 0 bridgehead atoms. The molecule has 0 aromatic heterocycles. The molecule has 0 saturated carbocycles. The predicted molar refractivity (Wildman–Crippen MR) is 68.7 cm³/mol. The van der Waals surface area contributed by atoms with Gasteiger partial charge in [-0.3, -0.25) is 0 Å². The molecule has 0 amide bonds. The van der Waals surface area contributed by atoms with Crippen LogP contribution in [0.25, 0.3) is 0 Å². The van der Waals surface area contributed by atoms with Gasteiger partial charge in [0.15, 0.2) is 0 Å². The summed E-state index contributed by atoms with van der Waals surface area (Å²) < 4.78 is 31.6. The van der Waals surface area contributed by atoms with Gasteiger partial charge in [0.05, 0.1) is 11.5 Å². The van der Waals surface area contributed by atoms with E-state index < -0.39 is 10.0 Å². The van der Waals surface area contributed by atoms with E-state index in [1.165, 1.54) is 5.56 Å². The number of hydrogen-bond acceptors (Lipinski definition) is 4. The zero-order valence-electron chi connectivity index (χ0n) is 10.4. The molecule has 18 heavy (non-hydrogen) atoms. The minimum absolute atomic E-state index is 0.297. The number of rotatable bonds is 6. The average Bonchev–Trinajstić information content (AvgIpc) is 2.82. The number of sulfonamides is 1. The van der Waals surface area contributed by atoms with Crippen LogP contribution in [0.15, 0.2) is 23.1 Å². The lowest BCUT2D eigenvalue weighted by molar-refractivity contribution is 0.153. The number of nitrogens with one attached hydrogen (secondary N) is 2. The third kappa shape index (κ3) is 3.08. The Morgan fingerprint density at radius 3 is 2.89 bits per heavy atom. The van der Waals surface area contributed by atoms with Gasteiger partial charge in [-0.05, 0) is 30.2 Å². The molecule has 100 valence electrons. The van der Waals surface area contributed by atoms with Gasteiger partial charge in [-0.2, -0.15) is 0 Å². The molecule has 0 spiro atoms. The Hall–Kier alpha value is -0.950. The van der Waals surface area contributed by atoms with Crippen molar-refractivity contribution in [1.29, 1.82) is 0 Å². The van der Waals surface area contributed by atoms with Gasteiger partial charge in [0.2, 0.25) is 10.0 Å². The molecule has 0 radical (unpaired) electrons. The van der Waals surface area contributed by atoms with Crippen molar-refractivity contribution in [3.63, 3.8) is 0 Å². The third-order valence-electron chi connectivity index (χ3n) is 2.86. The largest absolute Gasteiger partial charge is 0.380 e. The number of benzene rings is 1. The van der Waals surface area contributed by atoms with Crippen molar-refractivity contribution in [3.8, 4) is 0 Å². The normalized spacial score (nSPS) is 14.7. The van der Waals surface area contributed by atoms with Crippen molar-refractivity contribution < 1.29 is 13.2 Å². The second kappa shape index (κ2) is 5.79. The van der Waals surface area contributed by atoms with Crippen LogP contribution in [0.4, 0.5) is 0 Å². The smallest absolute Gasteiger partial charge is 0.240 e. The Morgan fingerprint density at radius 1 is 1.33 bits per heavy atom. The fourth-order valence-corrected chi connectivity index (χ4v) is 2.98. The van der Waals surface area contributed by atoms with E-state index >= 15 is 0 Å². The maximum atomic E-state index is 12.0. The second-order valence-electron chi connectivity index (χ2n) is 4.13. The summed E-state index contributed by atoms with van der Waals surface area (Å²) in [5.74, 6) is 0. The van der Waals surface area contributed by atoms with Crippen molar-refractivity contribution in [2.45, 2.75) is 24.9 Å². The van der Waals surface area contributed by atoms with Crippen LogP contribution in [-0.2, 0) is 27.8 Å². The standard InChI is InChI=1S/C12H18N2O3S/c1-2-17-6-5-14-18(15,16)12-4-3-10-8-13-9-11(10)7-12/h3-4,7,13-14H,2,5-6,8-9H2,1H3. The molecule has 6 heteroatoms. The van der Waals surface area contributed by atoms with Crippen LogP contribution in [0.1, 0.15) is 18.1 Å². The van der Waals surface area contributed by atoms with E-state index in [4.69, 9.17) is 4.74 Å². The molecular formula is C12H18N2O3S. The van der Waals surface area contributed by atoms with Crippen molar-refractivity contribution in [2.24, 2.45) is 0 Å². The Bertz CT molecular complexity index is 514. The van der Waals surface area contributed by atoms with Crippen LogP contribution in [0, 0.1) is 0 Å². The summed E-state index contributed by atoms with van der Waals surface area (Å²) in [6.07, 6.45) is 0. The van der Waals surface area contributed by atoms with Gasteiger partial charge >= 0.3 is 0 Å². The molecule has 0 fully saturated rings. The first-order valence-electron chi connectivity index (χ1n) is 6.03. The second-order valence-corrected chi connectivity index (χ2v) is 5.90. The first kappa shape index (κ1) is 13.5. The number of fused-ring (bicyclic) bond motifs is 1. The van der Waals surface area contributed by atoms with Crippen molar-refractivity contribution in [3.05, 3.63) is 29.3 Å². The van der Waals surface area contributed by atoms with Crippen LogP contribution >= 0.6 is 0 Å². The van der Waals surface area contributed by atoms with Crippen molar-refractivity contribution in [1.82, 2.24) is 10.0 Å². The van der Waals surface area contributed by atoms with E-state index in [0.29, 0.717) is 24.7 Å². The Balaban J connectivity index is 2.05. The van der Waals surface area contributed by atoms with Crippen molar-refractivity contribution in [2.75, 3.05) is 19.8 Å². The summed E-state index contributed by atoms with van der Waals surface area (Å²) in [5, 5.41) is 3.19. The van der Waals surface area contributed by atoms with Crippen LogP contribution in [0.3, 0.4) is 0 Å². The van der Waals surface area contributed by atoms with E-state index in [9.17, 15) is 8.42 Å². The maximum absolute atomic E-state index is 12.0. The summed E-state index contributed by atoms with van der Waals surface area (Å²) in [6.45, 7) is 4.70. The topological polar surface area (TPSA) is 67.4 Å². The quantitative estimate of drug-likeness (QED) is 0.743. The van der Waals surface area contributed by atoms with E-state index in [-0.39, 0.29) is 0 Å². The summed E-state index contributed by atoms with van der Waals surface area (Å²) in [4.78, 5) is 0.321. The highest BCUT2D eigenvalue weighted by Crippen LogP contribution is 2.19. The minimum Gasteiger partial charge on any atom is -0.380 e. The van der Waals surface area contributed by atoms with E-state index in [0.717, 1.165) is 18.7 Å². The molecule has 1 aliphatic heterocycles. The number of hydrogen-bond donors (Lipinski definition) is 2. The molecule has 1 aromatic carbocycles. The maximum Gasteiger partial charge on any atom is 0.240 e. The van der Waals surface area contributed by atoms with Gasteiger partial charge in [-0.1, -0.05) is 6.07 Å².